The lowest BCUT2D eigenvalue weighted by molar-refractivity contribution is 0.411. The average Bonchev–Trinajstić information content (AvgIpc) is 3.38. The number of halogens is 1. The third-order valence-corrected chi connectivity index (χ3v) is 4.71. The molecule has 0 radical (unpaired) electrons. The zero-order chi connectivity index (χ0) is 15.5. The topological polar surface area (TPSA) is 21.3 Å². The summed E-state index contributed by atoms with van der Waals surface area (Å²) in [6, 6.07) is 17.0. The second kappa shape index (κ2) is 6.72. The molecule has 2 atom stereocenters. The molecule has 2 aromatic rings. The molecule has 0 saturated heterocycles. The largest absolute Gasteiger partial charge is 0.497 e. The summed E-state index contributed by atoms with van der Waals surface area (Å²) in [6.45, 7) is 2.18. The number of nitrogens with one attached hydrogen (secondary N) is 1. The number of hydrogen-bond donors (Lipinski definition) is 1. The summed E-state index contributed by atoms with van der Waals surface area (Å²) in [5.41, 5.74) is 2.48. The summed E-state index contributed by atoms with van der Waals surface area (Å²) in [5.74, 6) is 1.62. The molecule has 22 heavy (non-hydrogen) atoms. The molecule has 0 amide bonds. The highest BCUT2D eigenvalue weighted by atomic mass is 35.5. The minimum Gasteiger partial charge on any atom is -0.497 e. The second-order valence-electron chi connectivity index (χ2n) is 6.00. The number of benzene rings is 2. The van der Waals surface area contributed by atoms with Crippen molar-refractivity contribution in [3.8, 4) is 5.75 Å². The fourth-order valence-electron chi connectivity index (χ4n) is 2.93. The fraction of sp³-hybridized carbons (Fsp3) is 0.368. The summed E-state index contributed by atoms with van der Waals surface area (Å²) in [5, 5.41) is 4.59. The zero-order valence-corrected chi connectivity index (χ0v) is 13.8. The smallest absolute Gasteiger partial charge is 0.118 e. The highest BCUT2D eigenvalue weighted by Gasteiger charge is 2.33. The monoisotopic (exact) mass is 315 g/mol. The van der Waals surface area contributed by atoms with Gasteiger partial charge in [0.25, 0.3) is 0 Å². The molecule has 2 unspecified atom stereocenters. The van der Waals surface area contributed by atoms with Crippen LogP contribution in [-0.4, -0.2) is 7.11 Å². The summed E-state index contributed by atoms with van der Waals surface area (Å²) < 4.78 is 5.25. The molecular formula is C19H22ClNO. The van der Waals surface area contributed by atoms with Gasteiger partial charge in [-0.15, -0.1) is 0 Å². The van der Waals surface area contributed by atoms with Crippen LogP contribution >= 0.6 is 11.6 Å². The van der Waals surface area contributed by atoms with E-state index in [1.807, 2.05) is 30.3 Å². The summed E-state index contributed by atoms with van der Waals surface area (Å²) in [6.07, 6.45) is 2.58. The van der Waals surface area contributed by atoms with Crippen molar-refractivity contribution < 1.29 is 4.74 Å². The SMILES string of the molecule is COc1ccc(C(NC(C)c2ccccc2Cl)C2CC2)cc1. The van der Waals surface area contributed by atoms with Gasteiger partial charge < -0.3 is 10.1 Å². The van der Waals surface area contributed by atoms with E-state index >= 15 is 0 Å². The Kier molecular flexibility index (Phi) is 4.70. The lowest BCUT2D eigenvalue weighted by Gasteiger charge is -2.25. The normalized spacial score (nSPS) is 17.0. The molecule has 1 fully saturated rings. The molecule has 116 valence electrons. The van der Waals surface area contributed by atoms with Crippen LogP contribution in [0, 0.1) is 5.92 Å². The van der Waals surface area contributed by atoms with Gasteiger partial charge in [0.2, 0.25) is 0 Å². The van der Waals surface area contributed by atoms with E-state index in [2.05, 4.69) is 30.4 Å². The Morgan fingerprint density at radius 3 is 2.36 bits per heavy atom. The average molecular weight is 316 g/mol. The number of ether oxygens (including phenoxy) is 1. The van der Waals surface area contributed by atoms with Gasteiger partial charge in [0, 0.05) is 17.1 Å². The van der Waals surface area contributed by atoms with Gasteiger partial charge in [0.15, 0.2) is 0 Å². The molecule has 0 spiro atoms. The minimum atomic E-state index is 0.224. The molecular weight excluding hydrogens is 294 g/mol. The predicted molar refractivity (Wildman–Crippen MR) is 91.5 cm³/mol. The van der Waals surface area contributed by atoms with Crippen molar-refractivity contribution in [3.05, 3.63) is 64.7 Å². The maximum Gasteiger partial charge on any atom is 0.118 e. The second-order valence-corrected chi connectivity index (χ2v) is 6.41. The molecule has 2 nitrogen and oxygen atoms in total. The van der Waals surface area contributed by atoms with Crippen LogP contribution in [0.5, 0.6) is 5.75 Å². The van der Waals surface area contributed by atoms with E-state index in [4.69, 9.17) is 16.3 Å². The maximum atomic E-state index is 6.33. The Labute approximate surface area is 137 Å². The van der Waals surface area contributed by atoms with E-state index in [0.29, 0.717) is 6.04 Å². The molecule has 0 bridgehead atoms. The van der Waals surface area contributed by atoms with Crippen LogP contribution in [-0.2, 0) is 0 Å². The molecule has 3 heteroatoms. The standard InChI is InChI=1S/C19H22ClNO/c1-13(17-5-3-4-6-18(17)20)21-19(14-7-8-14)15-9-11-16(22-2)12-10-15/h3-6,9-14,19,21H,7-8H2,1-2H3. The van der Waals surface area contributed by atoms with Gasteiger partial charge in [-0.3, -0.25) is 0 Å². The maximum absolute atomic E-state index is 6.33. The molecule has 2 aromatic carbocycles. The predicted octanol–water partition coefficient (Wildman–Crippen LogP) is 5.15. The lowest BCUT2D eigenvalue weighted by Crippen LogP contribution is -2.26. The van der Waals surface area contributed by atoms with Crippen molar-refractivity contribution in [1.82, 2.24) is 5.32 Å². The Morgan fingerprint density at radius 1 is 1.09 bits per heavy atom. The van der Waals surface area contributed by atoms with Crippen LogP contribution in [0.25, 0.3) is 0 Å². The van der Waals surface area contributed by atoms with Crippen LogP contribution in [0.3, 0.4) is 0 Å². The molecule has 1 aliphatic carbocycles. The quantitative estimate of drug-likeness (QED) is 0.796. The molecule has 0 aliphatic heterocycles. The highest BCUT2D eigenvalue weighted by Crippen LogP contribution is 2.42. The Hall–Kier alpha value is -1.51. The first kappa shape index (κ1) is 15.4. The Morgan fingerprint density at radius 2 is 1.77 bits per heavy atom. The molecule has 1 saturated carbocycles. The van der Waals surface area contributed by atoms with Gasteiger partial charge in [-0.25, -0.2) is 0 Å². The zero-order valence-electron chi connectivity index (χ0n) is 13.1. The van der Waals surface area contributed by atoms with E-state index in [9.17, 15) is 0 Å². The van der Waals surface area contributed by atoms with E-state index in [1.165, 1.54) is 18.4 Å². The third kappa shape index (κ3) is 3.45. The highest BCUT2D eigenvalue weighted by molar-refractivity contribution is 6.31. The van der Waals surface area contributed by atoms with Crippen molar-refractivity contribution >= 4 is 11.6 Å². The van der Waals surface area contributed by atoms with E-state index < -0.39 is 0 Å². The first-order chi connectivity index (χ1) is 10.7. The van der Waals surface area contributed by atoms with Gasteiger partial charge in [0.1, 0.15) is 5.75 Å². The van der Waals surface area contributed by atoms with Crippen molar-refractivity contribution in [2.45, 2.75) is 31.8 Å². The van der Waals surface area contributed by atoms with Crippen LogP contribution in [0.15, 0.2) is 48.5 Å². The van der Waals surface area contributed by atoms with Crippen molar-refractivity contribution in [1.29, 1.82) is 0 Å². The molecule has 3 rings (SSSR count). The van der Waals surface area contributed by atoms with Gasteiger partial charge >= 0.3 is 0 Å². The molecule has 1 N–H and O–H groups in total. The number of methoxy groups -OCH3 is 1. The number of rotatable bonds is 6. The van der Waals surface area contributed by atoms with Gasteiger partial charge in [-0.1, -0.05) is 41.9 Å². The van der Waals surface area contributed by atoms with E-state index in [0.717, 1.165) is 22.3 Å². The van der Waals surface area contributed by atoms with Crippen molar-refractivity contribution in [2.75, 3.05) is 7.11 Å². The van der Waals surface area contributed by atoms with Gasteiger partial charge in [0.05, 0.1) is 7.11 Å². The van der Waals surface area contributed by atoms with Crippen LogP contribution < -0.4 is 10.1 Å². The van der Waals surface area contributed by atoms with Crippen LogP contribution in [0.2, 0.25) is 5.02 Å². The van der Waals surface area contributed by atoms with E-state index in [-0.39, 0.29) is 6.04 Å². The molecule has 0 heterocycles. The van der Waals surface area contributed by atoms with Gasteiger partial charge in [-0.2, -0.15) is 0 Å². The fourth-order valence-corrected chi connectivity index (χ4v) is 3.23. The first-order valence-electron chi connectivity index (χ1n) is 7.83. The van der Waals surface area contributed by atoms with Crippen LogP contribution in [0.1, 0.15) is 43.0 Å². The van der Waals surface area contributed by atoms with Gasteiger partial charge in [-0.05, 0) is 55.0 Å². The minimum absolute atomic E-state index is 0.224. The van der Waals surface area contributed by atoms with Crippen LogP contribution in [0.4, 0.5) is 0 Å². The summed E-state index contributed by atoms with van der Waals surface area (Å²) >= 11 is 6.33. The Bertz CT molecular complexity index is 622. The molecule has 0 aromatic heterocycles. The lowest BCUT2D eigenvalue weighted by atomic mass is 9.99. The summed E-state index contributed by atoms with van der Waals surface area (Å²) in [4.78, 5) is 0. The van der Waals surface area contributed by atoms with Crippen molar-refractivity contribution in [3.63, 3.8) is 0 Å². The third-order valence-electron chi connectivity index (χ3n) is 4.37. The van der Waals surface area contributed by atoms with E-state index in [1.54, 1.807) is 7.11 Å². The van der Waals surface area contributed by atoms with Crippen molar-refractivity contribution in [2.24, 2.45) is 5.92 Å². The summed E-state index contributed by atoms with van der Waals surface area (Å²) in [7, 11) is 1.70. The first-order valence-corrected chi connectivity index (χ1v) is 8.21. The number of hydrogen-bond acceptors (Lipinski definition) is 2. The Balaban J connectivity index is 1.78. The molecule has 1 aliphatic rings.